The number of rotatable bonds is 2. The van der Waals surface area contributed by atoms with E-state index in [9.17, 15) is 27.2 Å². The second-order valence-corrected chi connectivity index (χ2v) is 6.23. The Bertz CT molecular complexity index is 877. The van der Waals surface area contributed by atoms with Gasteiger partial charge in [0.1, 0.15) is 5.82 Å². The lowest BCUT2D eigenvalue weighted by molar-refractivity contribution is -0.143. The molecule has 2 aromatic carbocycles. The van der Waals surface area contributed by atoms with Crippen molar-refractivity contribution < 1.29 is 27.2 Å². The van der Waals surface area contributed by atoms with E-state index in [0.29, 0.717) is 18.8 Å². The Kier molecular flexibility index (Phi) is 5.53. The molecule has 0 aromatic heterocycles. The largest absolute Gasteiger partial charge is 0.418 e. The number of hydrogen-bond donors (Lipinski definition) is 1. The molecule has 9 heteroatoms. The Labute approximate surface area is 158 Å². The fraction of sp³-hybridized carbons (Fsp3) is 0.263. The third-order valence-electron chi connectivity index (χ3n) is 4.43. The van der Waals surface area contributed by atoms with E-state index in [1.165, 1.54) is 23.1 Å². The van der Waals surface area contributed by atoms with Crippen LogP contribution >= 0.6 is 0 Å². The van der Waals surface area contributed by atoms with E-state index in [-0.39, 0.29) is 18.9 Å². The van der Waals surface area contributed by atoms with E-state index >= 15 is 0 Å². The highest BCUT2D eigenvalue weighted by atomic mass is 19.4. The molecule has 0 spiro atoms. The Balaban J connectivity index is 1.63. The first kappa shape index (κ1) is 19.7. The van der Waals surface area contributed by atoms with Crippen molar-refractivity contribution in [1.82, 2.24) is 4.90 Å². The summed E-state index contributed by atoms with van der Waals surface area (Å²) >= 11 is 0. The summed E-state index contributed by atoms with van der Waals surface area (Å²) < 4.78 is 52.9. The van der Waals surface area contributed by atoms with Crippen LogP contribution < -0.4 is 10.2 Å². The average Bonchev–Trinajstić information content (AvgIpc) is 2.67. The zero-order valence-electron chi connectivity index (χ0n) is 14.7. The van der Waals surface area contributed by atoms with Crippen molar-refractivity contribution in [1.29, 1.82) is 0 Å². The van der Waals surface area contributed by atoms with Gasteiger partial charge in [0.15, 0.2) is 0 Å². The lowest BCUT2D eigenvalue weighted by Crippen LogP contribution is -2.51. The molecule has 0 bridgehead atoms. The van der Waals surface area contributed by atoms with E-state index in [2.05, 4.69) is 0 Å². The Morgan fingerprint density at radius 2 is 1.50 bits per heavy atom. The number of amides is 2. The molecular weight excluding hydrogens is 378 g/mol. The van der Waals surface area contributed by atoms with Gasteiger partial charge < -0.3 is 15.1 Å². The molecule has 1 heterocycles. The van der Waals surface area contributed by atoms with Gasteiger partial charge in [-0.1, -0.05) is 24.3 Å². The van der Waals surface area contributed by atoms with Crippen LogP contribution in [0.5, 0.6) is 0 Å². The summed E-state index contributed by atoms with van der Waals surface area (Å²) in [6.45, 7) is 0.918. The van der Waals surface area contributed by atoms with Crippen molar-refractivity contribution in [2.45, 2.75) is 6.18 Å². The minimum absolute atomic E-state index is 0.154. The summed E-state index contributed by atoms with van der Waals surface area (Å²) in [5, 5.41) is 2.04. The second-order valence-electron chi connectivity index (χ2n) is 6.23. The van der Waals surface area contributed by atoms with Crippen LogP contribution in [0.2, 0.25) is 0 Å². The topological polar surface area (TPSA) is 52.7 Å². The van der Waals surface area contributed by atoms with Crippen LogP contribution in [-0.2, 0) is 15.8 Å². The van der Waals surface area contributed by atoms with Crippen molar-refractivity contribution in [3.05, 3.63) is 59.9 Å². The zero-order valence-corrected chi connectivity index (χ0v) is 14.7. The summed E-state index contributed by atoms with van der Waals surface area (Å²) in [5.41, 5.74) is -1.10. The predicted octanol–water partition coefficient (Wildman–Crippen LogP) is 3.13. The number of carbonyl (C=O) groups is 2. The summed E-state index contributed by atoms with van der Waals surface area (Å²) in [6, 6.07) is 10.7. The fourth-order valence-corrected chi connectivity index (χ4v) is 3.02. The van der Waals surface area contributed by atoms with Gasteiger partial charge in [-0.3, -0.25) is 9.59 Å². The van der Waals surface area contributed by atoms with Crippen molar-refractivity contribution in [2.24, 2.45) is 0 Å². The van der Waals surface area contributed by atoms with Gasteiger partial charge in [-0.25, -0.2) is 4.39 Å². The molecule has 1 fully saturated rings. The monoisotopic (exact) mass is 395 g/mol. The number of halogens is 4. The number of nitrogens with one attached hydrogen (secondary N) is 1. The van der Waals surface area contributed by atoms with Crippen LogP contribution in [0.15, 0.2) is 48.5 Å². The summed E-state index contributed by atoms with van der Waals surface area (Å²) in [5.74, 6) is -2.45. The van der Waals surface area contributed by atoms with E-state index in [1.54, 1.807) is 23.1 Å². The normalized spacial score (nSPS) is 14.7. The minimum Gasteiger partial charge on any atom is -0.366 e. The molecule has 0 radical (unpaired) electrons. The first-order chi connectivity index (χ1) is 13.3. The number of piperazine rings is 1. The third kappa shape index (κ3) is 4.24. The molecular formula is C19H17F4N3O2. The van der Waals surface area contributed by atoms with E-state index < -0.39 is 29.2 Å². The molecule has 3 rings (SSSR count). The number of para-hydroxylation sites is 2. The zero-order chi connectivity index (χ0) is 20.3. The number of nitrogens with zero attached hydrogens (tertiary/aromatic N) is 2. The smallest absolute Gasteiger partial charge is 0.366 e. The molecule has 0 atom stereocenters. The van der Waals surface area contributed by atoms with Gasteiger partial charge >= 0.3 is 18.0 Å². The maximum atomic E-state index is 13.9. The lowest BCUT2D eigenvalue weighted by atomic mass is 10.1. The van der Waals surface area contributed by atoms with Crippen LogP contribution in [0, 0.1) is 5.82 Å². The number of anilines is 2. The fourth-order valence-electron chi connectivity index (χ4n) is 3.02. The molecule has 1 saturated heterocycles. The number of benzene rings is 2. The molecule has 5 nitrogen and oxygen atoms in total. The van der Waals surface area contributed by atoms with Crippen molar-refractivity contribution in [3.63, 3.8) is 0 Å². The van der Waals surface area contributed by atoms with Crippen LogP contribution in [0.25, 0.3) is 0 Å². The van der Waals surface area contributed by atoms with E-state index in [1.807, 2.05) is 5.32 Å². The Morgan fingerprint density at radius 3 is 2.14 bits per heavy atom. The standard InChI is InChI=1S/C19H17F4N3O2/c20-14-6-2-4-8-16(14)25-9-11-26(12-10-25)18(28)17(27)24-15-7-3-1-5-13(15)19(21,22)23/h1-8H,9-12H2,(H,24,27). The SMILES string of the molecule is O=C(Nc1ccccc1C(F)(F)F)C(=O)N1CCN(c2ccccc2F)CC1. The van der Waals surface area contributed by atoms with Gasteiger partial charge in [0.05, 0.1) is 16.9 Å². The summed E-state index contributed by atoms with van der Waals surface area (Å²) in [7, 11) is 0. The van der Waals surface area contributed by atoms with Crippen LogP contribution in [0.1, 0.15) is 5.56 Å². The number of hydrogen-bond acceptors (Lipinski definition) is 3. The van der Waals surface area contributed by atoms with Gasteiger partial charge in [0, 0.05) is 26.2 Å². The van der Waals surface area contributed by atoms with Gasteiger partial charge in [-0.15, -0.1) is 0 Å². The minimum atomic E-state index is -4.65. The maximum absolute atomic E-state index is 13.9. The quantitative estimate of drug-likeness (QED) is 0.628. The Hall–Kier alpha value is -3.10. The Morgan fingerprint density at radius 1 is 0.893 bits per heavy atom. The van der Waals surface area contributed by atoms with Crippen LogP contribution in [0.4, 0.5) is 28.9 Å². The molecule has 2 amide bonds. The molecule has 148 valence electrons. The maximum Gasteiger partial charge on any atom is 0.418 e. The summed E-state index contributed by atoms with van der Waals surface area (Å²) in [6.07, 6.45) is -4.65. The molecule has 0 unspecified atom stereocenters. The molecule has 1 aliphatic heterocycles. The first-order valence-corrected chi connectivity index (χ1v) is 8.53. The molecule has 0 aliphatic carbocycles. The van der Waals surface area contributed by atoms with E-state index in [4.69, 9.17) is 0 Å². The second kappa shape index (κ2) is 7.87. The summed E-state index contributed by atoms with van der Waals surface area (Å²) in [4.78, 5) is 27.5. The van der Waals surface area contributed by atoms with E-state index in [0.717, 1.165) is 12.1 Å². The molecule has 1 aliphatic rings. The van der Waals surface area contributed by atoms with Crippen molar-refractivity contribution in [3.8, 4) is 0 Å². The predicted molar refractivity (Wildman–Crippen MR) is 95.3 cm³/mol. The third-order valence-corrected chi connectivity index (χ3v) is 4.43. The first-order valence-electron chi connectivity index (χ1n) is 8.53. The van der Waals surface area contributed by atoms with Crippen molar-refractivity contribution >= 4 is 23.2 Å². The van der Waals surface area contributed by atoms with Crippen LogP contribution in [0.3, 0.4) is 0 Å². The lowest BCUT2D eigenvalue weighted by Gasteiger charge is -2.35. The number of carbonyl (C=O) groups excluding carboxylic acids is 2. The molecule has 0 saturated carbocycles. The highest BCUT2D eigenvalue weighted by Crippen LogP contribution is 2.34. The highest BCUT2D eigenvalue weighted by Gasteiger charge is 2.34. The van der Waals surface area contributed by atoms with Gasteiger partial charge in [-0.2, -0.15) is 13.2 Å². The molecule has 1 N–H and O–H groups in total. The van der Waals surface area contributed by atoms with Crippen molar-refractivity contribution in [2.75, 3.05) is 36.4 Å². The highest BCUT2D eigenvalue weighted by molar-refractivity contribution is 6.39. The molecule has 28 heavy (non-hydrogen) atoms. The molecule has 2 aromatic rings. The van der Waals surface area contributed by atoms with Gasteiger partial charge in [0.25, 0.3) is 0 Å². The van der Waals surface area contributed by atoms with Crippen LogP contribution in [-0.4, -0.2) is 42.9 Å². The van der Waals surface area contributed by atoms with Gasteiger partial charge in [-0.05, 0) is 24.3 Å². The number of alkyl halides is 3. The van der Waals surface area contributed by atoms with Gasteiger partial charge in [0.2, 0.25) is 0 Å². The average molecular weight is 395 g/mol.